The van der Waals surface area contributed by atoms with Crippen molar-refractivity contribution in [1.29, 1.82) is 0 Å². The van der Waals surface area contributed by atoms with E-state index in [0.717, 1.165) is 12.8 Å². The molecule has 0 unspecified atom stereocenters. The Bertz CT molecular complexity index is 604. The van der Waals surface area contributed by atoms with Crippen LogP contribution in [-0.4, -0.2) is 29.2 Å². The Balaban J connectivity index is 1.97. The summed E-state index contributed by atoms with van der Waals surface area (Å²) in [5, 5.41) is 0.126. The van der Waals surface area contributed by atoms with Crippen LogP contribution >= 0.6 is 0 Å². The largest absolute Gasteiger partial charge is 0.468 e. The molecule has 3 heterocycles. The molecule has 0 bridgehead atoms. The van der Waals surface area contributed by atoms with E-state index in [1.165, 1.54) is 16.8 Å². The van der Waals surface area contributed by atoms with Gasteiger partial charge in [0.15, 0.2) is 5.03 Å². The van der Waals surface area contributed by atoms with E-state index in [0.29, 0.717) is 12.3 Å². The summed E-state index contributed by atoms with van der Waals surface area (Å²) in [5.74, 6) is 0.690. The van der Waals surface area contributed by atoms with Gasteiger partial charge in [-0.05, 0) is 25.0 Å². The first-order chi connectivity index (χ1) is 8.69. The zero-order chi connectivity index (χ0) is 12.6. The molecule has 0 saturated carbocycles. The van der Waals surface area contributed by atoms with Crippen LogP contribution in [0, 0.1) is 0 Å². The molecule has 0 spiro atoms. The summed E-state index contributed by atoms with van der Waals surface area (Å²) in [7, 11) is -3.52. The van der Waals surface area contributed by atoms with Crippen molar-refractivity contribution in [2.45, 2.75) is 23.9 Å². The summed E-state index contributed by atoms with van der Waals surface area (Å²) in [6.07, 6.45) is 5.87. The molecule has 0 aliphatic carbocycles. The summed E-state index contributed by atoms with van der Waals surface area (Å²) in [6, 6.07) is 3.37. The molecule has 1 saturated heterocycles. The van der Waals surface area contributed by atoms with Gasteiger partial charge in [0.1, 0.15) is 5.76 Å². The van der Waals surface area contributed by atoms with Gasteiger partial charge >= 0.3 is 0 Å². The number of hydrogen-bond acceptors (Lipinski definition) is 4. The Hall–Kier alpha value is -1.60. The average Bonchev–Trinajstić information content (AvgIpc) is 3.11. The molecule has 2 aromatic heterocycles. The number of H-pyrrole nitrogens is 1. The maximum Gasteiger partial charge on any atom is 0.260 e. The summed E-state index contributed by atoms with van der Waals surface area (Å²) in [5.41, 5.74) is 0. The summed E-state index contributed by atoms with van der Waals surface area (Å²) in [4.78, 5) is 6.41. The minimum absolute atomic E-state index is 0.126. The quantitative estimate of drug-likeness (QED) is 0.914. The van der Waals surface area contributed by atoms with Crippen molar-refractivity contribution >= 4 is 10.0 Å². The zero-order valence-corrected chi connectivity index (χ0v) is 10.4. The minimum atomic E-state index is -3.52. The highest BCUT2D eigenvalue weighted by atomic mass is 32.2. The first-order valence-electron chi connectivity index (χ1n) is 5.73. The fourth-order valence-electron chi connectivity index (χ4n) is 2.30. The second kappa shape index (κ2) is 4.25. The third-order valence-corrected chi connectivity index (χ3v) is 4.97. The number of nitrogens with zero attached hydrogens (tertiary/aromatic N) is 2. The van der Waals surface area contributed by atoms with Gasteiger partial charge in [-0.1, -0.05) is 0 Å². The molecule has 2 aromatic rings. The lowest BCUT2D eigenvalue weighted by molar-refractivity contribution is 0.339. The van der Waals surface area contributed by atoms with E-state index in [1.54, 1.807) is 12.3 Å². The van der Waals surface area contributed by atoms with Crippen molar-refractivity contribution < 1.29 is 12.8 Å². The number of sulfonamides is 1. The lowest BCUT2D eigenvalue weighted by Crippen LogP contribution is -2.30. The molecule has 18 heavy (non-hydrogen) atoms. The second-order valence-corrected chi connectivity index (χ2v) is 6.06. The molecule has 1 aliphatic heterocycles. The van der Waals surface area contributed by atoms with Crippen LogP contribution in [0.5, 0.6) is 0 Å². The van der Waals surface area contributed by atoms with Crippen LogP contribution < -0.4 is 0 Å². The number of nitrogens with one attached hydrogen (secondary N) is 1. The van der Waals surface area contributed by atoms with E-state index in [1.807, 2.05) is 6.07 Å². The topological polar surface area (TPSA) is 79.2 Å². The number of aromatic nitrogens is 2. The number of hydrogen-bond donors (Lipinski definition) is 1. The van der Waals surface area contributed by atoms with E-state index in [9.17, 15) is 8.42 Å². The molecule has 3 rings (SSSR count). The molecule has 6 nitrogen and oxygen atoms in total. The van der Waals surface area contributed by atoms with Crippen molar-refractivity contribution in [1.82, 2.24) is 14.3 Å². The third-order valence-electron chi connectivity index (χ3n) is 3.14. The van der Waals surface area contributed by atoms with Crippen molar-refractivity contribution in [3.8, 4) is 0 Å². The van der Waals surface area contributed by atoms with E-state index in [4.69, 9.17) is 4.42 Å². The Labute approximate surface area is 105 Å². The molecule has 7 heteroatoms. The highest BCUT2D eigenvalue weighted by Gasteiger charge is 2.38. The van der Waals surface area contributed by atoms with Gasteiger partial charge in [-0.15, -0.1) is 0 Å². The van der Waals surface area contributed by atoms with Crippen molar-refractivity contribution in [2.75, 3.05) is 6.54 Å². The van der Waals surface area contributed by atoms with Crippen LogP contribution in [0.3, 0.4) is 0 Å². The summed E-state index contributed by atoms with van der Waals surface area (Å²) < 4.78 is 31.6. The van der Waals surface area contributed by atoms with Crippen molar-refractivity contribution in [3.05, 3.63) is 36.7 Å². The highest BCUT2D eigenvalue weighted by molar-refractivity contribution is 7.89. The van der Waals surface area contributed by atoms with Crippen LogP contribution in [0.4, 0.5) is 0 Å². The van der Waals surface area contributed by atoms with Crippen LogP contribution in [0.1, 0.15) is 24.6 Å². The van der Waals surface area contributed by atoms with E-state index in [-0.39, 0.29) is 11.1 Å². The minimum Gasteiger partial charge on any atom is -0.468 e. The lowest BCUT2D eigenvalue weighted by Gasteiger charge is -2.21. The fourth-order valence-corrected chi connectivity index (χ4v) is 3.87. The molecule has 1 atom stereocenters. The Kier molecular flexibility index (Phi) is 2.71. The monoisotopic (exact) mass is 267 g/mol. The van der Waals surface area contributed by atoms with E-state index >= 15 is 0 Å². The van der Waals surface area contributed by atoms with E-state index in [2.05, 4.69) is 9.97 Å². The fraction of sp³-hybridized carbons (Fsp3) is 0.364. The number of aromatic amines is 1. The molecular formula is C11H13N3O3S. The molecule has 0 radical (unpaired) electrons. The first kappa shape index (κ1) is 11.5. The maximum atomic E-state index is 12.4. The molecule has 0 aromatic carbocycles. The van der Waals surface area contributed by atoms with Gasteiger partial charge in [0, 0.05) is 6.54 Å². The summed E-state index contributed by atoms with van der Waals surface area (Å²) in [6.45, 7) is 0.507. The maximum absolute atomic E-state index is 12.4. The molecule has 0 amide bonds. The summed E-state index contributed by atoms with van der Waals surface area (Å²) >= 11 is 0. The second-order valence-electron chi connectivity index (χ2n) is 4.21. The Morgan fingerprint density at radius 2 is 2.39 bits per heavy atom. The van der Waals surface area contributed by atoms with Crippen molar-refractivity contribution in [3.63, 3.8) is 0 Å². The smallest absolute Gasteiger partial charge is 0.260 e. The van der Waals surface area contributed by atoms with Crippen LogP contribution in [-0.2, 0) is 10.0 Å². The van der Waals surface area contributed by atoms with Crippen LogP contribution in [0.15, 0.2) is 40.4 Å². The molecule has 1 aliphatic rings. The first-order valence-corrected chi connectivity index (χ1v) is 7.17. The predicted molar refractivity (Wildman–Crippen MR) is 63.2 cm³/mol. The SMILES string of the molecule is O=S(=O)(c1cnc[nH]1)N1CCC[C@@H]1c1ccco1. The van der Waals surface area contributed by atoms with Crippen LogP contribution in [0.2, 0.25) is 0 Å². The third kappa shape index (κ3) is 1.75. The molecule has 96 valence electrons. The van der Waals surface area contributed by atoms with Crippen LogP contribution in [0.25, 0.3) is 0 Å². The van der Waals surface area contributed by atoms with Crippen molar-refractivity contribution in [2.24, 2.45) is 0 Å². The number of rotatable bonds is 3. The van der Waals surface area contributed by atoms with Gasteiger partial charge in [-0.25, -0.2) is 13.4 Å². The van der Waals surface area contributed by atoms with Gasteiger partial charge < -0.3 is 9.40 Å². The van der Waals surface area contributed by atoms with Gasteiger partial charge in [-0.2, -0.15) is 4.31 Å². The molecule has 1 N–H and O–H groups in total. The molecular weight excluding hydrogens is 254 g/mol. The standard InChI is InChI=1S/C11H13N3O3S/c15-18(16,11-7-12-8-13-11)14-5-1-3-9(14)10-4-2-6-17-10/h2,4,6-9H,1,3,5H2,(H,12,13)/t9-/m1/s1. The van der Waals surface area contributed by atoms with Gasteiger partial charge in [0.25, 0.3) is 10.0 Å². The Morgan fingerprint density at radius 1 is 1.50 bits per heavy atom. The molecule has 1 fully saturated rings. The number of imidazole rings is 1. The normalized spacial score (nSPS) is 21.4. The van der Waals surface area contributed by atoms with E-state index < -0.39 is 10.0 Å². The predicted octanol–water partition coefficient (Wildman–Crippen LogP) is 1.53. The number of furan rings is 1. The zero-order valence-electron chi connectivity index (χ0n) is 9.61. The average molecular weight is 267 g/mol. The highest BCUT2D eigenvalue weighted by Crippen LogP contribution is 2.36. The lowest BCUT2D eigenvalue weighted by atomic mass is 10.2. The van der Waals surface area contributed by atoms with Gasteiger partial charge in [-0.3, -0.25) is 0 Å². The van der Waals surface area contributed by atoms with Gasteiger partial charge in [0.05, 0.1) is 24.8 Å². The van der Waals surface area contributed by atoms with Gasteiger partial charge in [0.2, 0.25) is 0 Å². The Morgan fingerprint density at radius 3 is 3.06 bits per heavy atom.